The molecular weight excluding hydrogens is 394 g/mol. The first-order chi connectivity index (χ1) is 14.9. The Morgan fingerprint density at radius 1 is 1.23 bits per heavy atom. The number of benzene rings is 1. The van der Waals surface area contributed by atoms with Gasteiger partial charge in [0.1, 0.15) is 11.3 Å². The van der Waals surface area contributed by atoms with E-state index in [1.807, 2.05) is 38.1 Å². The smallest absolute Gasteiger partial charge is 0.253 e. The van der Waals surface area contributed by atoms with Crippen molar-refractivity contribution in [1.82, 2.24) is 19.9 Å². The highest BCUT2D eigenvalue weighted by molar-refractivity contribution is 5.90. The summed E-state index contributed by atoms with van der Waals surface area (Å²) >= 11 is 0. The molecule has 0 aliphatic carbocycles. The Morgan fingerprint density at radius 3 is 2.68 bits per heavy atom. The summed E-state index contributed by atoms with van der Waals surface area (Å²) in [6, 6.07) is 9.75. The third-order valence-corrected chi connectivity index (χ3v) is 5.59. The van der Waals surface area contributed by atoms with Crippen LogP contribution in [0.15, 0.2) is 39.6 Å². The number of rotatable bonds is 6. The molecule has 0 aliphatic rings. The maximum absolute atomic E-state index is 12.5. The monoisotopic (exact) mass is 419 g/mol. The fourth-order valence-corrected chi connectivity index (χ4v) is 3.88. The number of fused-ring (bicyclic) bond motifs is 1. The van der Waals surface area contributed by atoms with Gasteiger partial charge in [-0.1, -0.05) is 36.3 Å². The van der Waals surface area contributed by atoms with Crippen molar-refractivity contribution >= 4 is 22.8 Å². The van der Waals surface area contributed by atoms with Gasteiger partial charge < -0.3 is 9.51 Å². The number of anilines is 1. The molecule has 1 aromatic carbocycles. The van der Waals surface area contributed by atoms with E-state index in [4.69, 9.17) is 4.52 Å². The minimum Gasteiger partial charge on any atom is -0.338 e. The fourth-order valence-electron chi connectivity index (χ4n) is 3.88. The van der Waals surface area contributed by atoms with E-state index in [0.717, 1.165) is 28.6 Å². The first-order valence-corrected chi connectivity index (χ1v) is 10.3. The van der Waals surface area contributed by atoms with Crippen LogP contribution in [0.25, 0.3) is 22.3 Å². The van der Waals surface area contributed by atoms with Gasteiger partial charge in [-0.15, -0.1) is 0 Å². The van der Waals surface area contributed by atoms with Crippen LogP contribution in [-0.4, -0.2) is 25.8 Å². The summed E-state index contributed by atoms with van der Waals surface area (Å²) < 4.78 is 6.92. The Bertz CT molecular complexity index is 1310. The summed E-state index contributed by atoms with van der Waals surface area (Å²) in [5, 5.41) is 12.0. The first-order valence-electron chi connectivity index (χ1n) is 10.3. The number of hydrogen-bond acceptors (Lipinski definition) is 5. The molecular formula is C23H25N5O3. The van der Waals surface area contributed by atoms with Gasteiger partial charge in [0.15, 0.2) is 0 Å². The number of H-pyrrole nitrogens is 1. The van der Waals surface area contributed by atoms with Gasteiger partial charge in [0.25, 0.3) is 5.56 Å². The molecule has 4 rings (SSSR count). The van der Waals surface area contributed by atoms with Gasteiger partial charge in [-0.05, 0) is 37.8 Å². The number of carbonyl (C=O) groups is 1. The molecule has 0 spiro atoms. The zero-order valence-corrected chi connectivity index (χ0v) is 18.1. The minimum atomic E-state index is -0.245. The zero-order chi connectivity index (χ0) is 22.1. The second-order valence-corrected chi connectivity index (χ2v) is 7.67. The molecule has 0 unspecified atom stereocenters. The third-order valence-electron chi connectivity index (χ3n) is 5.59. The summed E-state index contributed by atoms with van der Waals surface area (Å²) in [6.45, 7) is 5.90. The van der Waals surface area contributed by atoms with Gasteiger partial charge in [0.2, 0.25) is 11.8 Å². The highest BCUT2D eigenvalue weighted by atomic mass is 16.5. The summed E-state index contributed by atoms with van der Waals surface area (Å²) in [4.78, 5) is 27.9. The predicted molar refractivity (Wildman–Crippen MR) is 119 cm³/mol. The van der Waals surface area contributed by atoms with E-state index in [-0.39, 0.29) is 23.8 Å². The summed E-state index contributed by atoms with van der Waals surface area (Å²) in [5.41, 5.74) is 5.60. The third kappa shape index (κ3) is 4.01. The summed E-state index contributed by atoms with van der Waals surface area (Å²) in [5.74, 6) is 0.0367. The number of nitrogens with zero attached hydrogens (tertiary/aromatic N) is 3. The number of amides is 1. The molecule has 3 aromatic heterocycles. The number of pyridine rings is 1. The molecule has 8 heteroatoms. The van der Waals surface area contributed by atoms with Crippen LogP contribution < -0.4 is 10.9 Å². The quantitative estimate of drug-likeness (QED) is 0.496. The van der Waals surface area contributed by atoms with Crippen molar-refractivity contribution in [3.05, 3.63) is 63.1 Å². The average Bonchev–Trinajstić information content (AvgIpc) is 3.32. The van der Waals surface area contributed by atoms with E-state index in [2.05, 4.69) is 27.5 Å². The second-order valence-electron chi connectivity index (χ2n) is 7.67. The van der Waals surface area contributed by atoms with Crippen LogP contribution in [0.2, 0.25) is 0 Å². The van der Waals surface area contributed by atoms with Crippen molar-refractivity contribution in [2.24, 2.45) is 7.05 Å². The van der Waals surface area contributed by atoms with Crippen molar-refractivity contribution in [2.45, 2.75) is 40.0 Å². The standard InChI is InChI=1S/C23H25N5O3/c1-5-15-6-8-16(9-7-15)18-12-20(31-27-18)24-19(29)11-10-17-13(2)21-14(3)26-28(4)22(21)25-23(17)30/h6-9,12H,5,10-11H2,1-4H3,(H,24,29)(H,25,30). The maximum Gasteiger partial charge on any atom is 0.253 e. The second kappa shape index (κ2) is 8.22. The molecule has 31 heavy (non-hydrogen) atoms. The molecule has 8 nitrogen and oxygen atoms in total. The molecule has 4 aromatic rings. The number of hydrogen-bond donors (Lipinski definition) is 2. The van der Waals surface area contributed by atoms with E-state index in [9.17, 15) is 9.59 Å². The van der Waals surface area contributed by atoms with Crippen molar-refractivity contribution in [3.63, 3.8) is 0 Å². The van der Waals surface area contributed by atoms with Crippen LogP contribution in [-0.2, 0) is 24.7 Å². The van der Waals surface area contributed by atoms with Crippen LogP contribution >= 0.6 is 0 Å². The minimum absolute atomic E-state index is 0.149. The fraction of sp³-hybridized carbons (Fsp3) is 0.304. The Morgan fingerprint density at radius 2 is 1.97 bits per heavy atom. The van der Waals surface area contributed by atoms with E-state index in [0.29, 0.717) is 23.3 Å². The van der Waals surface area contributed by atoms with Gasteiger partial charge >= 0.3 is 0 Å². The highest BCUT2D eigenvalue weighted by Gasteiger charge is 2.16. The lowest BCUT2D eigenvalue weighted by atomic mass is 10.0. The van der Waals surface area contributed by atoms with Gasteiger partial charge in [-0.2, -0.15) is 5.10 Å². The van der Waals surface area contributed by atoms with E-state index < -0.39 is 0 Å². The lowest BCUT2D eigenvalue weighted by molar-refractivity contribution is -0.116. The zero-order valence-electron chi connectivity index (χ0n) is 18.1. The topological polar surface area (TPSA) is 106 Å². The van der Waals surface area contributed by atoms with Gasteiger partial charge in [0.05, 0.1) is 5.69 Å². The largest absolute Gasteiger partial charge is 0.338 e. The molecule has 2 N–H and O–H groups in total. The number of aromatic nitrogens is 4. The SMILES string of the molecule is CCc1ccc(-c2cc(NC(=O)CCc3c(C)c4c(C)nn(C)c4[nH]c3=O)on2)cc1. The van der Waals surface area contributed by atoms with Crippen molar-refractivity contribution in [3.8, 4) is 11.3 Å². The van der Waals surface area contributed by atoms with E-state index in [1.165, 1.54) is 5.56 Å². The molecule has 0 aliphatic heterocycles. The molecule has 0 radical (unpaired) electrons. The highest BCUT2D eigenvalue weighted by Crippen LogP contribution is 2.23. The Balaban J connectivity index is 1.45. The average molecular weight is 419 g/mol. The Labute approximate surface area is 179 Å². The van der Waals surface area contributed by atoms with Crippen LogP contribution in [0.1, 0.15) is 35.7 Å². The first kappa shape index (κ1) is 20.6. The lowest BCUT2D eigenvalue weighted by Crippen LogP contribution is -2.19. The molecule has 0 fully saturated rings. The molecule has 3 heterocycles. The van der Waals surface area contributed by atoms with Crippen molar-refractivity contribution in [2.75, 3.05) is 5.32 Å². The van der Waals surface area contributed by atoms with Crippen LogP contribution in [0.3, 0.4) is 0 Å². The number of nitrogens with one attached hydrogen (secondary N) is 2. The van der Waals surface area contributed by atoms with Crippen molar-refractivity contribution in [1.29, 1.82) is 0 Å². The van der Waals surface area contributed by atoms with Crippen molar-refractivity contribution < 1.29 is 9.32 Å². The lowest BCUT2D eigenvalue weighted by Gasteiger charge is -2.07. The Hall–Kier alpha value is -3.68. The molecule has 1 amide bonds. The number of aromatic amines is 1. The van der Waals surface area contributed by atoms with Gasteiger partial charge in [-0.25, -0.2) is 0 Å². The molecule has 0 atom stereocenters. The van der Waals surface area contributed by atoms with E-state index >= 15 is 0 Å². The summed E-state index contributed by atoms with van der Waals surface area (Å²) in [7, 11) is 1.79. The van der Waals surface area contributed by atoms with Gasteiger partial charge in [-0.3, -0.25) is 19.6 Å². The summed E-state index contributed by atoms with van der Waals surface area (Å²) in [6.07, 6.45) is 1.43. The number of aryl methyl sites for hydroxylation is 4. The van der Waals surface area contributed by atoms with Crippen LogP contribution in [0, 0.1) is 13.8 Å². The maximum atomic E-state index is 12.5. The number of carbonyl (C=O) groups excluding carboxylic acids is 1. The van der Waals surface area contributed by atoms with Crippen LogP contribution in [0.5, 0.6) is 0 Å². The molecule has 160 valence electrons. The molecule has 0 saturated heterocycles. The Kier molecular flexibility index (Phi) is 5.46. The molecule has 0 saturated carbocycles. The van der Waals surface area contributed by atoms with Gasteiger partial charge in [0, 0.05) is 36.0 Å². The predicted octanol–water partition coefficient (Wildman–Crippen LogP) is 3.67. The van der Waals surface area contributed by atoms with Crippen LogP contribution in [0.4, 0.5) is 5.88 Å². The normalized spacial score (nSPS) is 11.2. The van der Waals surface area contributed by atoms with E-state index in [1.54, 1.807) is 17.8 Å². The molecule has 0 bridgehead atoms.